The fourth-order valence-corrected chi connectivity index (χ4v) is 1.49. The lowest BCUT2D eigenvalue weighted by molar-refractivity contribution is 0.102. The molecule has 1 amide bonds. The highest BCUT2D eigenvalue weighted by atomic mass is 16.7. The molecule has 0 unspecified atom stereocenters. The van der Waals surface area contributed by atoms with Crippen molar-refractivity contribution in [3.8, 4) is 11.5 Å². The van der Waals surface area contributed by atoms with Crippen molar-refractivity contribution in [2.75, 3.05) is 12.1 Å². The number of fused-ring (bicyclic) bond motifs is 1. The smallest absolute Gasteiger partial charge is 0.260 e. The molecule has 6 heteroatoms. The Hall–Kier alpha value is -2.50. The van der Waals surface area contributed by atoms with E-state index in [0.717, 1.165) is 0 Å². The zero-order valence-corrected chi connectivity index (χ0v) is 8.67. The third kappa shape index (κ3) is 1.80. The van der Waals surface area contributed by atoms with E-state index in [9.17, 15) is 4.79 Å². The van der Waals surface area contributed by atoms with E-state index in [-0.39, 0.29) is 12.7 Å². The lowest BCUT2D eigenvalue weighted by atomic mass is 10.2. The van der Waals surface area contributed by atoms with Crippen LogP contribution in [0.3, 0.4) is 0 Å². The van der Waals surface area contributed by atoms with Gasteiger partial charge in [0, 0.05) is 11.8 Å². The fourth-order valence-electron chi connectivity index (χ4n) is 1.49. The normalized spacial score (nSPS) is 12.5. The van der Waals surface area contributed by atoms with E-state index < -0.39 is 0 Å². The lowest BCUT2D eigenvalue weighted by Gasteiger charge is -2.03. The third-order valence-corrected chi connectivity index (χ3v) is 2.32. The van der Waals surface area contributed by atoms with Crippen LogP contribution in [0.2, 0.25) is 0 Å². The van der Waals surface area contributed by atoms with Gasteiger partial charge in [-0.05, 0) is 12.1 Å². The zero-order valence-electron chi connectivity index (χ0n) is 8.67. The van der Waals surface area contributed by atoms with Crippen LogP contribution in [0.1, 0.15) is 10.4 Å². The Morgan fingerprint density at radius 2 is 2.18 bits per heavy atom. The Labute approximate surface area is 96.1 Å². The summed E-state index contributed by atoms with van der Waals surface area (Å²) in [6.07, 6.45) is 2.63. The van der Waals surface area contributed by atoms with Crippen LogP contribution in [0, 0.1) is 0 Å². The molecule has 17 heavy (non-hydrogen) atoms. The van der Waals surface area contributed by atoms with Gasteiger partial charge >= 0.3 is 0 Å². The summed E-state index contributed by atoms with van der Waals surface area (Å²) in [6, 6.07) is 5.18. The molecule has 1 N–H and O–H groups in total. The van der Waals surface area contributed by atoms with Crippen molar-refractivity contribution in [2.45, 2.75) is 0 Å². The van der Waals surface area contributed by atoms with Gasteiger partial charge in [-0.15, -0.1) is 0 Å². The maximum Gasteiger partial charge on any atom is 0.260 e. The van der Waals surface area contributed by atoms with E-state index in [4.69, 9.17) is 9.47 Å². The van der Waals surface area contributed by atoms with Crippen LogP contribution in [0.15, 0.2) is 35.2 Å². The maximum atomic E-state index is 11.7. The van der Waals surface area contributed by atoms with Gasteiger partial charge in [-0.25, -0.2) is 0 Å². The zero-order chi connectivity index (χ0) is 11.7. The number of hydrogen-bond donors (Lipinski definition) is 1. The fraction of sp³-hybridized carbons (Fsp3) is 0.0909. The molecule has 86 valence electrons. The second-order valence-corrected chi connectivity index (χ2v) is 3.44. The number of ether oxygens (including phenoxy) is 2. The quantitative estimate of drug-likeness (QED) is 0.852. The molecule has 0 fully saturated rings. The predicted octanol–water partition coefficient (Wildman–Crippen LogP) is 1.66. The van der Waals surface area contributed by atoms with Crippen LogP contribution in [0.25, 0.3) is 0 Å². The van der Waals surface area contributed by atoms with Gasteiger partial charge in [-0.3, -0.25) is 4.79 Å². The number of rotatable bonds is 2. The SMILES string of the molecule is O=C(Nc1ccc2c(c1)OCO2)c1cnoc1. The number of hydrogen-bond acceptors (Lipinski definition) is 5. The summed E-state index contributed by atoms with van der Waals surface area (Å²) in [5, 5.41) is 6.16. The summed E-state index contributed by atoms with van der Waals surface area (Å²) in [7, 11) is 0. The first-order chi connectivity index (χ1) is 8.33. The van der Waals surface area contributed by atoms with Crippen LogP contribution in [0.5, 0.6) is 11.5 Å². The van der Waals surface area contributed by atoms with Gasteiger partial charge in [-0.1, -0.05) is 5.16 Å². The Morgan fingerprint density at radius 1 is 1.29 bits per heavy atom. The van der Waals surface area contributed by atoms with Crippen molar-refractivity contribution < 1.29 is 18.8 Å². The number of carbonyl (C=O) groups is 1. The van der Waals surface area contributed by atoms with Crippen LogP contribution in [0.4, 0.5) is 5.69 Å². The van der Waals surface area contributed by atoms with E-state index in [1.165, 1.54) is 12.5 Å². The lowest BCUT2D eigenvalue weighted by Crippen LogP contribution is -2.10. The summed E-state index contributed by atoms with van der Waals surface area (Å²) in [5.74, 6) is 1.01. The molecule has 0 atom stereocenters. The molecule has 3 rings (SSSR count). The average molecular weight is 232 g/mol. The Kier molecular flexibility index (Phi) is 2.18. The Bertz CT molecular complexity index is 551. The van der Waals surface area contributed by atoms with Crippen molar-refractivity contribution >= 4 is 11.6 Å². The molecule has 0 radical (unpaired) electrons. The van der Waals surface area contributed by atoms with Gasteiger partial charge in [0.1, 0.15) is 6.26 Å². The highest BCUT2D eigenvalue weighted by molar-refractivity contribution is 6.03. The van der Waals surface area contributed by atoms with Crippen molar-refractivity contribution in [2.24, 2.45) is 0 Å². The Balaban J connectivity index is 1.80. The molecule has 1 aliphatic heterocycles. The van der Waals surface area contributed by atoms with E-state index in [1.54, 1.807) is 18.2 Å². The standard InChI is InChI=1S/C11H8N2O4/c14-11(7-4-12-17-5-7)13-8-1-2-9-10(3-8)16-6-15-9/h1-5H,6H2,(H,13,14). The van der Waals surface area contributed by atoms with Crippen molar-refractivity contribution in [3.63, 3.8) is 0 Å². The molecule has 2 aromatic rings. The molecule has 0 aliphatic carbocycles. The second-order valence-electron chi connectivity index (χ2n) is 3.44. The topological polar surface area (TPSA) is 73.6 Å². The van der Waals surface area contributed by atoms with Gasteiger partial charge in [0.2, 0.25) is 6.79 Å². The number of carbonyl (C=O) groups excluding carboxylic acids is 1. The number of nitrogens with one attached hydrogen (secondary N) is 1. The van der Waals surface area contributed by atoms with Crippen LogP contribution in [-0.4, -0.2) is 17.9 Å². The van der Waals surface area contributed by atoms with Crippen molar-refractivity contribution in [3.05, 3.63) is 36.2 Å². The predicted molar refractivity (Wildman–Crippen MR) is 57.0 cm³/mol. The summed E-state index contributed by atoms with van der Waals surface area (Å²) in [6.45, 7) is 0.207. The molecular weight excluding hydrogens is 224 g/mol. The van der Waals surface area contributed by atoms with Crippen molar-refractivity contribution in [1.29, 1.82) is 0 Å². The highest BCUT2D eigenvalue weighted by Crippen LogP contribution is 2.34. The first kappa shape index (κ1) is 9.71. The summed E-state index contributed by atoms with van der Waals surface area (Å²) in [5.41, 5.74) is 0.989. The number of aromatic nitrogens is 1. The first-order valence-corrected chi connectivity index (χ1v) is 4.93. The number of benzene rings is 1. The van der Waals surface area contributed by atoms with E-state index in [0.29, 0.717) is 22.7 Å². The highest BCUT2D eigenvalue weighted by Gasteiger charge is 2.15. The molecule has 0 saturated heterocycles. The van der Waals surface area contributed by atoms with Crippen LogP contribution >= 0.6 is 0 Å². The summed E-state index contributed by atoms with van der Waals surface area (Å²) >= 11 is 0. The molecule has 2 heterocycles. The van der Waals surface area contributed by atoms with Gasteiger partial charge in [0.15, 0.2) is 11.5 Å². The number of nitrogens with zero attached hydrogens (tertiary/aromatic N) is 1. The molecule has 0 bridgehead atoms. The third-order valence-electron chi connectivity index (χ3n) is 2.32. The monoisotopic (exact) mass is 232 g/mol. The van der Waals surface area contributed by atoms with Crippen LogP contribution < -0.4 is 14.8 Å². The largest absolute Gasteiger partial charge is 0.454 e. The van der Waals surface area contributed by atoms with E-state index in [2.05, 4.69) is 15.0 Å². The van der Waals surface area contributed by atoms with Gasteiger partial charge in [0.25, 0.3) is 5.91 Å². The summed E-state index contributed by atoms with van der Waals surface area (Å²) in [4.78, 5) is 11.7. The molecule has 0 spiro atoms. The number of amides is 1. The minimum absolute atomic E-state index is 0.207. The minimum atomic E-state index is -0.287. The molecule has 1 aliphatic rings. The van der Waals surface area contributed by atoms with Gasteiger partial charge < -0.3 is 19.3 Å². The van der Waals surface area contributed by atoms with Crippen LogP contribution in [-0.2, 0) is 0 Å². The average Bonchev–Trinajstić information content (AvgIpc) is 2.99. The van der Waals surface area contributed by atoms with Gasteiger partial charge in [0.05, 0.1) is 11.8 Å². The molecule has 1 aromatic heterocycles. The molecule has 6 nitrogen and oxygen atoms in total. The van der Waals surface area contributed by atoms with Gasteiger partial charge in [-0.2, -0.15) is 0 Å². The summed E-state index contributed by atoms with van der Waals surface area (Å²) < 4.78 is 15.0. The molecule has 0 saturated carbocycles. The second kappa shape index (κ2) is 3.82. The first-order valence-electron chi connectivity index (χ1n) is 4.93. The van der Waals surface area contributed by atoms with E-state index in [1.807, 2.05) is 0 Å². The number of anilines is 1. The molecular formula is C11H8N2O4. The minimum Gasteiger partial charge on any atom is -0.454 e. The van der Waals surface area contributed by atoms with Crippen molar-refractivity contribution in [1.82, 2.24) is 5.16 Å². The molecule has 1 aromatic carbocycles. The Morgan fingerprint density at radius 3 is 3.00 bits per heavy atom. The van der Waals surface area contributed by atoms with E-state index >= 15 is 0 Å². The maximum absolute atomic E-state index is 11.7.